The van der Waals surface area contributed by atoms with Crippen LogP contribution in [-0.4, -0.2) is 22.2 Å². The minimum Gasteiger partial charge on any atom is -0.307 e. The highest BCUT2D eigenvalue weighted by atomic mass is 19.4. The number of aromatic nitrogens is 2. The first kappa shape index (κ1) is 11.5. The van der Waals surface area contributed by atoms with E-state index >= 15 is 0 Å². The number of dihydropyridines is 1. The van der Waals surface area contributed by atoms with Gasteiger partial charge in [0.2, 0.25) is 0 Å². The molecule has 3 rings (SSSR count). The third kappa shape index (κ3) is 1.84. The second-order valence-corrected chi connectivity index (χ2v) is 4.33. The molecule has 1 N–H and O–H groups in total. The first-order chi connectivity index (χ1) is 8.55. The minimum absolute atomic E-state index is 0.466. The van der Waals surface area contributed by atoms with Crippen LogP contribution in [0.15, 0.2) is 23.3 Å². The van der Waals surface area contributed by atoms with Crippen LogP contribution < -0.4 is 5.32 Å². The number of nitrogens with one attached hydrogen (secondary N) is 1. The van der Waals surface area contributed by atoms with Crippen molar-refractivity contribution in [3.63, 3.8) is 0 Å². The molecule has 1 aromatic rings. The van der Waals surface area contributed by atoms with E-state index < -0.39 is 18.3 Å². The van der Waals surface area contributed by atoms with Crippen LogP contribution in [0.3, 0.4) is 0 Å². The molecule has 0 fully saturated rings. The molecule has 0 aliphatic carbocycles. The van der Waals surface area contributed by atoms with Gasteiger partial charge in [0.05, 0.1) is 11.9 Å². The lowest BCUT2D eigenvalue weighted by atomic mass is 10.1. The molecule has 0 aromatic carbocycles. The summed E-state index contributed by atoms with van der Waals surface area (Å²) in [4.78, 5) is 3.94. The summed E-state index contributed by atoms with van der Waals surface area (Å²) in [6.07, 6.45) is 0.527. The zero-order valence-corrected chi connectivity index (χ0v) is 9.35. The van der Waals surface area contributed by atoms with Crippen molar-refractivity contribution in [1.82, 2.24) is 15.1 Å². The van der Waals surface area contributed by atoms with Crippen LogP contribution in [0.4, 0.5) is 13.2 Å². The zero-order chi connectivity index (χ0) is 12.8. The van der Waals surface area contributed by atoms with E-state index in [1.807, 2.05) is 0 Å². The van der Waals surface area contributed by atoms with Crippen molar-refractivity contribution in [3.8, 4) is 0 Å². The molecule has 2 atom stereocenters. The van der Waals surface area contributed by atoms with Crippen molar-refractivity contribution in [2.45, 2.75) is 25.4 Å². The van der Waals surface area contributed by atoms with E-state index in [4.69, 9.17) is 0 Å². The summed E-state index contributed by atoms with van der Waals surface area (Å²) in [5.41, 5.74) is 2.07. The van der Waals surface area contributed by atoms with Gasteiger partial charge < -0.3 is 5.32 Å². The molecule has 0 saturated heterocycles. The highest BCUT2D eigenvalue weighted by Crippen LogP contribution is 2.30. The van der Waals surface area contributed by atoms with E-state index in [-0.39, 0.29) is 0 Å². The van der Waals surface area contributed by atoms with Crippen molar-refractivity contribution < 1.29 is 13.2 Å². The van der Waals surface area contributed by atoms with Gasteiger partial charge in [-0.15, -0.1) is 0 Å². The smallest absolute Gasteiger partial charge is 0.307 e. The molecule has 7 heteroatoms. The highest BCUT2D eigenvalue weighted by molar-refractivity contribution is 5.66. The molecule has 2 unspecified atom stereocenters. The number of aliphatic imine (C=N–C) groups is 1. The van der Waals surface area contributed by atoms with E-state index in [0.29, 0.717) is 6.54 Å². The molecule has 3 heterocycles. The maximum absolute atomic E-state index is 12.5. The summed E-state index contributed by atoms with van der Waals surface area (Å²) in [5.74, 6) is -1.59. The summed E-state index contributed by atoms with van der Waals surface area (Å²) in [5, 5.41) is 7.34. The van der Waals surface area contributed by atoms with Crippen molar-refractivity contribution in [2.24, 2.45) is 10.9 Å². The van der Waals surface area contributed by atoms with Crippen molar-refractivity contribution >= 4 is 6.21 Å². The van der Waals surface area contributed by atoms with Gasteiger partial charge >= 0.3 is 6.18 Å². The van der Waals surface area contributed by atoms with Gasteiger partial charge in [-0.2, -0.15) is 18.3 Å². The number of rotatable bonds is 1. The Morgan fingerprint density at radius 2 is 2.11 bits per heavy atom. The quantitative estimate of drug-likeness (QED) is 0.778. The topological polar surface area (TPSA) is 42.2 Å². The molecule has 2 aliphatic rings. The molecule has 0 bridgehead atoms. The van der Waals surface area contributed by atoms with E-state index in [2.05, 4.69) is 15.4 Å². The summed E-state index contributed by atoms with van der Waals surface area (Å²) in [7, 11) is 0. The Morgan fingerprint density at radius 1 is 1.28 bits per heavy atom. The normalized spacial score (nSPS) is 26.6. The molecule has 96 valence electrons. The summed E-state index contributed by atoms with van der Waals surface area (Å²) in [6, 6.07) is 0. The largest absolute Gasteiger partial charge is 0.399 e. The van der Waals surface area contributed by atoms with Crippen LogP contribution in [0, 0.1) is 5.92 Å². The first-order valence-corrected chi connectivity index (χ1v) is 5.60. The van der Waals surface area contributed by atoms with Crippen LogP contribution in [0.25, 0.3) is 0 Å². The SMILES string of the molecule is FC(F)(F)C1C=CC(n2ncc3c2CNC3)N=C1. The number of alkyl halides is 3. The average Bonchev–Trinajstić information content (AvgIpc) is 2.89. The summed E-state index contributed by atoms with van der Waals surface area (Å²) >= 11 is 0. The van der Waals surface area contributed by atoms with Crippen LogP contribution in [0.1, 0.15) is 17.4 Å². The zero-order valence-electron chi connectivity index (χ0n) is 9.35. The maximum Gasteiger partial charge on any atom is 0.399 e. The number of hydrogen-bond donors (Lipinski definition) is 1. The van der Waals surface area contributed by atoms with Crippen LogP contribution in [0.2, 0.25) is 0 Å². The summed E-state index contributed by atoms with van der Waals surface area (Å²) < 4.78 is 39.0. The third-order valence-electron chi connectivity index (χ3n) is 3.11. The van der Waals surface area contributed by atoms with Gasteiger partial charge in [0.15, 0.2) is 6.17 Å². The third-order valence-corrected chi connectivity index (χ3v) is 3.11. The number of nitrogens with zero attached hydrogens (tertiary/aromatic N) is 3. The number of allylic oxidation sites excluding steroid dienone is 1. The average molecular weight is 256 g/mol. The Hall–Kier alpha value is -1.63. The van der Waals surface area contributed by atoms with Gasteiger partial charge in [-0.3, -0.25) is 4.99 Å². The van der Waals surface area contributed by atoms with Gasteiger partial charge in [-0.25, -0.2) is 4.68 Å². The second-order valence-electron chi connectivity index (χ2n) is 4.33. The fraction of sp³-hybridized carbons (Fsp3) is 0.455. The molecule has 4 nitrogen and oxygen atoms in total. The Kier molecular flexibility index (Phi) is 2.51. The van der Waals surface area contributed by atoms with E-state index in [1.54, 1.807) is 10.9 Å². The second kappa shape index (κ2) is 3.94. The van der Waals surface area contributed by atoms with Crippen LogP contribution in [-0.2, 0) is 13.1 Å². The minimum atomic E-state index is -4.27. The fourth-order valence-corrected chi connectivity index (χ4v) is 2.15. The van der Waals surface area contributed by atoms with Crippen molar-refractivity contribution in [1.29, 1.82) is 0 Å². The van der Waals surface area contributed by atoms with Gasteiger partial charge in [0.1, 0.15) is 5.92 Å². The molecule has 2 aliphatic heterocycles. The first-order valence-electron chi connectivity index (χ1n) is 5.60. The number of hydrogen-bond acceptors (Lipinski definition) is 3. The van der Waals surface area contributed by atoms with E-state index in [0.717, 1.165) is 30.1 Å². The fourth-order valence-electron chi connectivity index (χ4n) is 2.15. The Bertz CT molecular complexity index is 501. The van der Waals surface area contributed by atoms with Crippen molar-refractivity contribution in [2.75, 3.05) is 0 Å². The molecule has 0 radical (unpaired) electrons. The number of fused-ring (bicyclic) bond motifs is 1. The van der Waals surface area contributed by atoms with E-state index in [1.165, 1.54) is 6.08 Å². The molecular weight excluding hydrogens is 245 g/mol. The lowest BCUT2D eigenvalue weighted by Gasteiger charge is -2.19. The predicted octanol–water partition coefficient (Wildman–Crippen LogP) is 1.80. The van der Waals surface area contributed by atoms with Crippen LogP contribution in [0.5, 0.6) is 0 Å². The van der Waals surface area contributed by atoms with Crippen molar-refractivity contribution in [3.05, 3.63) is 29.6 Å². The lowest BCUT2D eigenvalue weighted by molar-refractivity contribution is -0.143. The Balaban J connectivity index is 1.82. The lowest BCUT2D eigenvalue weighted by Crippen LogP contribution is -2.25. The van der Waals surface area contributed by atoms with Crippen LogP contribution >= 0.6 is 0 Å². The standard InChI is InChI=1S/C11H11F3N4/c12-11(13,14)8-1-2-10(16-5-8)18-9-6-15-3-7(9)4-17-18/h1-2,4-5,8,10,15H,3,6H2. The van der Waals surface area contributed by atoms with E-state index in [9.17, 15) is 13.2 Å². The molecule has 0 saturated carbocycles. The highest BCUT2D eigenvalue weighted by Gasteiger charge is 2.38. The Morgan fingerprint density at radius 3 is 2.78 bits per heavy atom. The van der Waals surface area contributed by atoms with Gasteiger partial charge in [-0.1, -0.05) is 6.08 Å². The molecule has 0 spiro atoms. The maximum atomic E-state index is 12.5. The number of halogens is 3. The molecule has 0 amide bonds. The molecule has 18 heavy (non-hydrogen) atoms. The van der Waals surface area contributed by atoms with Gasteiger partial charge in [-0.05, 0) is 6.08 Å². The molecule has 1 aromatic heterocycles. The Labute approximate surface area is 101 Å². The molecular formula is C11H11F3N4. The van der Waals surface area contributed by atoms with Gasteiger partial charge in [0, 0.05) is 24.9 Å². The monoisotopic (exact) mass is 256 g/mol. The van der Waals surface area contributed by atoms with Gasteiger partial charge in [0.25, 0.3) is 0 Å². The summed E-state index contributed by atoms with van der Waals surface area (Å²) in [6.45, 7) is 1.43. The predicted molar refractivity (Wildman–Crippen MR) is 59.0 cm³/mol.